The van der Waals surface area contributed by atoms with Gasteiger partial charge in [-0.2, -0.15) is 0 Å². The average molecular weight is 416 g/mol. The number of sulfonamides is 1. The highest BCUT2D eigenvalue weighted by Gasteiger charge is 2.43. The number of benzene rings is 2. The molecule has 29 heavy (non-hydrogen) atoms. The molecule has 0 amide bonds. The SMILES string of the molecule is COc1cc(C)c(S(=O)(=O)NC2CC3(CCCCC3)Oc3ccccc32)cc1C. The van der Waals surface area contributed by atoms with Gasteiger partial charge < -0.3 is 9.47 Å². The zero-order valence-electron chi connectivity index (χ0n) is 17.3. The molecule has 1 aliphatic carbocycles. The summed E-state index contributed by atoms with van der Waals surface area (Å²) in [6.45, 7) is 3.66. The second-order valence-electron chi connectivity index (χ2n) is 8.35. The van der Waals surface area contributed by atoms with E-state index in [-0.39, 0.29) is 11.6 Å². The number of fused-ring (bicyclic) bond motifs is 1. The predicted molar refractivity (Wildman–Crippen MR) is 113 cm³/mol. The molecule has 1 N–H and O–H groups in total. The first kappa shape index (κ1) is 20.2. The third-order valence-electron chi connectivity index (χ3n) is 6.24. The van der Waals surface area contributed by atoms with E-state index >= 15 is 0 Å². The zero-order chi connectivity index (χ0) is 20.6. The molecule has 1 aliphatic heterocycles. The van der Waals surface area contributed by atoms with Crippen molar-refractivity contribution in [2.24, 2.45) is 0 Å². The van der Waals surface area contributed by atoms with Gasteiger partial charge in [0.15, 0.2) is 0 Å². The van der Waals surface area contributed by atoms with Crippen LogP contribution in [-0.4, -0.2) is 21.1 Å². The van der Waals surface area contributed by atoms with E-state index in [1.807, 2.05) is 31.2 Å². The van der Waals surface area contributed by atoms with Crippen LogP contribution in [0.4, 0.5) is 0 Å². The molecule has 2 aromatic carbocycles. The van der Waals surface area contributed by atoms with Gasteiger partial charge in [0.25, 0.3) is 0 Å². The molecular formula is C23H29NO4S. The van der Waals surface area contributed by atoms with Gasteiger partial charge in [-0.15, -0.1) is 0 Å². The molecule has 2 aliphatic rings. The van der Waals surface area contributed by atoms with E-state index in [1.165, 1.54) is 6.42 Å². The number of hydrogen-bond donors (Lipinski definition) is 1. The molecule has 5 nitrogen and oxygen atoms in total. The van der Waals surface area contributed by atoms with Crippen LogP contribution in [0.3, 0.4) is 0 Å². The van der Waals surface area contributed by atoms with Gasteiger partial charge in [-0.05, 0) is 68.9 Å². The van der Waals surface area contributed by atoms with E-state index in [1.54, 1.807) is 26.2 Å². The fraction of sp³-hybridized carbons (Fsp3) is 0.478. The molecule has 0 aromatic heterocycles. The van der Waals surface area contributed by atoms with Crippen LogP contribution < -0.4 is 14.2 Å². The first-order valence-electron chi connectivity index (χ1n) is 10.3. The molecule has 1 saturated carbocycles. The normalized spacial score (nSPS) is 20.7. The number of aryl methyl sites for hydroxylation is 2. The predicted octanol–water partition coefficient (Wildman–Crippen LogP) is 4.82. The first-order chi connectivity index (χ1) is 13.8. The Morgan fingerprint density at radius 3 is 2.52 bits per heavy atom. The smallest absolute Gasteiger partial charge is 0.241 e. The van der Waals surface area contributed by atoms with Gasteiger partial charge >= 0.3 is 0 Å². The molecule has 0 radical (unpaired) electrons. The Kier molecular flexibility index (Phi) is 5.34. The van der Waals surface area contributed by atoms with Gasteiger partial charge in [-0.1, -0.05) is 24.6 Å². The van der Waals surface area contributed by atoms with Crippen molar-refractivity contribution >= 4 is 10.0 Å². The summed E-state index contributed by atoms with van der Waals surface area (Å²) in [5, 5.41) is 0. The summed E-state index contributed by atoms with van der Waals surface area (Å²) in [7, 11) is -2.10. The van der Waals surface area contributed by atoms with Gasteiger partial charge in [0.05, 0.1) is 18.0 Å². The fourth-order valence-corrected chi connectivity index (χ4v) is 6.28. The molecular weight excluding hydrogens is 386 g/mol. The molecule has 1 unspecified atom stereocenters. The minimum absolute atomic E-state index is 0.273. The Morgan fingerprint density at radius 1 is 1.07 bits per heavy atom. The van der Waals surface area contributed by atoms with Crippen molar-refractivity contribution in [3.63, 3.8) is 0 Å². The molecule has 1 spiro atoms. The number of nitrogens with one attached hydrogen (secondary N) is 1. The molecule has 2 aromatic rings. The number of para-hydroxylation sites is 1. The highest BCUT2D eigenvalue weighted by molar-refractivity contribution is 7.89. The third kappa shape index (κ3) is 3.88. The standard InChI is InChI=1S/C23H29NO4S/c1-16-14-22(17(2)13-21(16)27-3)29(25,26)24-19-15-23(11-7-4-8-12-23)28-20-10-6-5-9-18(19)20/h5-6,9-10,13-14,19,24H,4,7-8,11-12,15H2,1-3H3. The lowest BCUT2D eigenvalue weighted by atomic mass is 9.77. The number of hydrogen-bond acceptors (Lipinski definition) is 4. The molecule has 156 valence electrons. The van der Waals surface area contributed by atoms with Crippen molar-refractivity contribution in [3.05, 3.63) is 53.1 Å². The molecule has 1 fully saturated rings. The van der Waals surface area contributed by atoms with Gasteiger partial charge in [0.1, 0.15) is 17.1 Å². The van der Waals surface area contributed by atoms with Crippen LogP contribution in [0.1, 0.15) is 61.3 Å². The van der Waals surface area contributed by atoms with E-state index in [9.17, 15) is 8.42 Å². The van der Waals surface area contributed by atoms with E-state index in [2.05, 4.69) is 4.72 Å². The minimum Gasteiger partial charge on any atom is -0.496 e. The van der Waals surface area contributed by atoms with Crippen LogP contribution in [0, 0.1) is 13.8 Å². The maximum Gasteiger partial charge on any atom is 0.241 e. The second kappa shape index (κ2) is 7.65. The van der Waals surface area contributed by atoms with Crippen molar-refractivity contribution in [1.82, 2.24) is 4.72 Å². The maximum absolute atomic E-state index is 13.4. The Morgan fingerprint density at radius 2 is 1.79 bits per heavy atom. The van der Waals surface area contributed by atoms with Crippen LogP contribution in [0.2, 0.25) is 0 Å². The minimum atomic E-state index is -3.70. The molecule has 1 heterocycles. The maximum atomic E-state index is 13.4. The quantitative estimate of drug-likeness (QED) is 0.778. The van der Waals surface area contributed by atoms with E-state index in [0.29, 0.717) is 22.6 Å². The van der Waals surface area contributed by atoms with Crippen LogP contribution in [0.5, 0.6) is 11.5 Å². The van der Waals surface area contributed by atoms with Crippen molar-refractivity contribution in [2.45, 2.75) is 68.9 Å². The Balaban J connectivity index is 1.69. The summed E-state index contributed by atoms with van der Waals surface area (Å²) in [5.74, 6) is 1.50. The van der Waals surface area contributed by atoms with Crippen LogP contribution in [0.25, 0.3) is 0 Å². The lowest BCUT2D eigenvalue weighted by molar-refractivity contribution is 0.0000750. The van der Waals surface area contributed by atoms with Crippen LogP contribution in [0.15, 0.2) is 41.3 Å². The van der Waals surface area contributed by atoms with Crippen LogP contribution >= 0.6 is 0 Å². The average Bonchev–Trinajstić information content (AvgIpc) is 2.69. The molecule has 0 bridgehead atoms. The fourth-order valence-electron chi connectivity index (χ4n) is 4.75. The van der Waals surface area contributed by atoms with Gasteiger partial charge in [0.2, 0.25) is 10.0 Å². The summed E-state index contributed by atoms with van der Waals surface area (Å²) in [6, 6.07) is 11.0. The monoisotopic (exact) mass is 415 g/mol. The Labute approximate surface area is 173 Å². The van der Waals surface area contributed by atoms with Gasteiger partial charge in [-0.3, -0.25) is 0 Å². The number of rotatable bonds is 4. The summed E-state index contributed by atoms with van der Waals surface area (Å²) in [4.78, 5) is 0.303. The van der Waals surface area contributed by atoms with E-state index < -0.39 is 10.0 Å². The van der Waals surface area contributed by atoms with E-state index in [4.69, 9.17) is 9.47 Å². The lowest BCUT2D eigenvalue weighted by Gasteiger charge is -2.44. The Hall–Kier alpha value is -2.05. The molecule has 1 atom stereocenters. The number of ether oxygens (including phenoxy) is 2. The highest BCUT2D eigenvalue weighted by Crippen LogP contribution is 2.46. The summed E-state index contributed by atoms with van der Waals surface area (Å²) < 4.78 is 41.5. The second-order valence-corrected chi connectivity index (χ2v) is 10.0. The van der Waals surface area contributed by atoms with Gasteiger partial charge in [0, 0.05) is 12.0 Å². The number of methoxy groups -OCH3 is 1. The van der Waals surface area contributed by atoms with Crippen molar-refractivity contribution in [1.29, 1.82) is 0 Å². The Bertz CT molecular complexity index is 1010. The summed E-state index contributed by atoms with van der Waals surface area (Å²) in [5.41, 5.74) is 2.11. The molecule has 0 saturated heterocycles. The van der Waals surface area contributed by atoms with Gasteiger partial charge in [-0.25, -0.2) is 13.1 Å². The van der Waals surface area contributed by atoms with Crippen molar-refractivity contribution < 1.29 is 17.9 Å². The molecule has 4 rings (SSSR count). The molecule has 6 heteroatoms. The third-order valence-corrected chi connectivity index (χ3v) is 7.85. The van der Waals surface area contributed by atoms with Crippen LogP contribution in [-0.2, 0) is 10.0 Å². The lowest BCUT2D eigenvalue weighted by Crippen LogP contribution is -2.46. The van der Waals surface area contributed by atoms with Crippen molar-refractivity contribution in [3.8, 4) is 11.5 Å². The largest absolute Gasteiger partial charge is 0.496 e. The summed E-state index contributed by atoms with van der Waals surface area (Å²) in [6.07, 6.45) is 6.07. The van der Waals surface area contributed by atoms with E-state index in [0.717, 1.165) is 42.6 Å². The summed E-state index contributed by atoms with van der Waals surface area (Å²) >= 11 is 0. The zero-order valence-corrected chi connectivity index (χ0v) is 18.1. The first-order valence-corrected chi connectivity index (χ1v) is 11.8. The topological polar surface area (TPSA) is 64.6 Å². The highest BCUT2D eigenvalue weighted by atomic mass is 32.2. The van der Waals surface area contributed by atoms with Crippen molar-refractivity contribution in [2.75, 3.05) is 7.11 Å².